The third kappa shape index (κ3) is 6.91. The number of sulfonamides is 1. The van der Waals surface area contributed by atoms with Gasteiger partial charge in [-0.3, -0.25) is 10.1 Å². The first kappa shape index (κ1) is 29.5. The number of hydrogen-bond donors (Lipinski definition) is 5. The number of carboxylic acid groups (broad SMARTS) is 1. The van der Waals surface area contributed by atoms with Crippen LogP contribution in [-0.4, -0.2) is 41.5 Å². The number of aromatic amines is 1. The van der Waals surface area contributed by atoms with E-state index in [0.717, 1.165) is 27.7 Å². The van der Waals surface area contributed by atoms with Crippen molar-refractivity contribution in [2.24, 2.45) is 0 Å². The van der Waals surface area contributed by atoms with Crippen LogP contribution in [0.15, 0.2) is 89.8 Å². The van der Waals surface area contributed by atoms with Gasteiger partial charge in [0.2, 0.25) is 16.0 Å². The van der Waals surface area contributed by atoms with Crippen molar-refractivity contribution in [3.63, 3.8) is 0 Å². The lowest BCUT2D eigenvalue weighted by Crippen LogP contribution is -2.42. The molecule has 5 N–H and O–H groups in total. The molecule has 0 saturated heterocycles. The Balaban J connectivity index is 1.26. The molecular formula is C32H31N5O5S. The first-order valence-corrected chi connectivity index (χ1v) is 15.0. The predicted molar refractivity (Wildman–Crippen MR) is 167 cm³/mol. The van der Waals surface area contributed by atoms with Crippen molar-refractivity contribution in [1.29, 1.82) is 0 Å². The summed E-state index contributed by atoms with van der Waals surface area (Å²) < 4.78 is 28.8. The van der Waals surface area contributed by atoms with Crippen LogP contribution in [-0.2, 0) is 21.2 Å². The van der Waals surface area contributed by atoms with Crippen LogP contribution < -0.4 is 15.4 Å². The molecule has 0 unspecified atom stereocenters. The molecule has 4 aromatic carbocycles. The summed E-state index contributed by atoms with van der Waals surface area (Å²) in [6, 6.07) is 23.6. The number of nitrogens with one attached hydrogen (secondary N) is 4. The highest BCUT2D eigenvalue weighted by Gasteiger charge is 2.28. The monoisotopic (exact) mass is 597 g/mol. The number of urea groups is 1. The van der Waals surface area contributed by atoms with E-state index in [2.05, 4.69) is 25.3 Å². The van der Waals surface area contributed by atoms with Crippen LogP contribution in [0.1, 0.15) is 22.3 Å². The minimum absolute atomic E-state index is 0.0477. The number of rotatable bonds is 9. The predicted octanol–water partition coefficient (Wildman–Crippen LogP) is 5.77. The minimum Gasteiger partial charge on any atom is -0.480 e. The average molecular weight is 598 g/mol. The Morgan fingerprint density at radius 1 is 0.860 bits per heavy atom. The lowest BCUT2D eigenvalue weighted by atomic mass is 9.99. The molecule has 1 aromatic heterocycles. The Bertz CT molecular complexity index is 1880. The van der Waals surface area contributed by atoms with Crippen LogP contribution in [0.2, 0.25) is 0 Å². The number of carbonyl (C=O) groups excluding carboxylic acids is 1. The quantitative estimate of drug-likeness (QED) is 0.145. The molecule has 1 heterocycles. The third-order valence-corrected chi connectivity index (χ3v) is 8.71. The van der Waals surface area contributed by atoms with Gasteiger partial charge in [-0.05, 0) is 79.3 Å². The normalized spacial score (nSPS) is 12.2. The lowest BCUT2D eigenvalue weighted by molar-refractivity contribution is -0.138. The fraction of sp³-hybridized carbons (Fsp3) is 0.156. The molecule has 0 saturated carbocycles. The van der Waals surface area contributed by atoms with Gasteiger partial charge in [0.25, 0.3) is 0 Å². The standard InChI is InChI=1S/C32H31N5O5S/c1-19-15-20(2)29(21(3)16-19)43(41,42)37-28(30(38)39)18-22-7-6-8-24(17-22)23-11-13-25(14-12-23)33-32(40)36-31-34-26-9-4-5-10-27(26)35-31/h4-17,28,37H,18H2,1-3H3,(H,38,39)(H3,33,34,35,36,40)/t28-/m0/s1. The summed E-state index contributed by atoms with van der Waals surface area (Å²) in [5.74, 6) is -0.939. The number of aromatic nitrogens is 2. The van der Waals surface area contributed by atoms with Gasteiger partial charge in [0.15, 0.2) is 0 Å². The number of anilines is 2. The van der Waals surface area contributed by atoms with E-state index in [1.54, 1.807) is 50.2 Å². The Morgan fingerprint density at radius 2 is 1.56 bits per heavy atom. The maximum Gasteiger partial charge on any atom is 0.326 e. The fourth-order valence-corrected chi connectivity index (χ4v) is 6.80. The summed E-state index contributed by atoms with van der Waals surface area (Å²) in [6.07, 6.45) is -0.0477. The third-order valence-electron chi connectivity index (χ3n) is 6.93. The van der Waals surface area contributed by atoms with Gasteiger partial charge in [0.1, 0.15) is 6.04 Å². The zero-order valence-corrected chi connectivity index (χ0v) is 24.6. The number of amides is 2. The summed E-state index contributed by atoms with van der Waals surface area (Å²) in [4.78, 5) is 32.0. The second-order valence-corrected chi connectivity index (χ2v) is 12.1. The largest absolute Gasteiger partial charge is 0.480 e. The number of carboxylic acids is 1. The SMILES string of the molecule is Cc1cc(C)c(S(=O)(=O)N[C@@H](Cc2cccc(-c3ccc(NC(=O)Nc4nc5ccccc5[nH]4)cc3)c2)C(=O)O)c(C)c1. The van der Waals surface area contributed by atoms with Crippen LogP contribution in [0.4, 0.5) is 16.4 Å². The second-order valence-electron chi connectivity index (χ2n) is 10.4. The van der Waals surface area contributed by atoms with E-state index < -0.39 is 28.1 Å². The van der Waals surface area contributed by atoms with Crippen LogP contribution in [0.3, 0.4) is 0 Å². The Labute approximate surface area is 249 Å². The molecule has 220 valence electrons. The van der Waals surface area contributed by atoms with Crippen molar-refractivity contribution in [2.45, 2.75) is 38.1 Å². The second kappa shape index (κ2) is 12.1. The van der Waals surface area contributed by atoms with Crippen LogP contribution in [0.5, 0.6) is 0 Å². The van der Waals surface area contributed by atoms with Crippen molar-refractivity contribution in [1.82, 2.24) is 14.7 Å². The van der Waals surface area contributed by atoms with Gasteiger partial charge in [-0.25, -0.2) is 18.2 Å². The number of fused-ring (bicyclic) bond motifs is 1. The molecule has 0 aliphatic heterocycles. The molecule has 0 bridgehead atoms. The first-order chi connectivity index (χ1) is 20.5. The van der Waals surface area contributed by atoms with E-state index in [1.165, 1.54) is 0 Å². The molecule has 2 amide bonds. The molecule has 43 heavy (non-hydrogen) atoms. The summed E-state index contributed by atoms with van der Waals surface area (Å²) >= 11 is 0. The molecule has 5 rings (SSSR count). The molecular weight excluding hydrogens is 566 g/mol. The van der Waals surface area contributed by atoms with Gasteiger partial charge in [-0.1, -0.05) is 66.2 Å². The molecule has 1 atom stereocenters. The van der Waals surface area contributed by atoms with Gasteiger partial charge in [0, 0.05) is 5.69 Å². The Kier molecular flexibility index (Phi) is 8.29. The van der Waals surface area contributed by atoms with Crippen molar-refractivity contribution in [2.75, 3.05) is 10.6 Å². The smallest absolute Gasteiger partial charge is 0.326 e. The number of benzene rings is 4. The zero-order valence-electron chi connectivity index (χ0n) is 23.8. The number of carbonyl (C=O) groups is 2. The van der Waals surface area contributed by atoms with E-state index >= 15 is 0 Å². The highest BCUT2D eigenvalue weighted by Crippen LogP contribution is 2.25. The fourth-order valence-electron chi connectivity index (χ4n) is 5.16. The topological polar surface area (TPSA) is 153 Å². The lowest BCUT2D eigenvalue weighted by Gasteiger charge is -2.18. The van der Waals surface area contributed by atoms with Gasteiger partial charge >= 0.3 is 12.0 Å². The minimum atomic E-state index is -4.08. The van der Waals surface area contributed by atoms with Gasteiger partial charge in [-0.15, -0.1) is 0 Å². The summed E-state index contributed by atoms with van der Waals surface area (Å²) in [5.41, 5.74) is 6.46. The van der Waals surface area contributed by atoms with Gasteiger partial charge < -0.3 is 15.4 Å². The Hall–Kier alpha value is -5.00. The molecule has 0 aliphatic carbocycles. The maximum atomic E-state index is 13.2. The van der Waals surface area contributed by atoms with E-state index in [4.69, 9.17) is 0 Å². The zero-order chi connectivity index (χ0) is 30.7. The summed E-state index contributed by atoms with van der Waals surface area (Å²) in [6.45, 7) is 5.27. The van der Waals surface area contributed by atoms with Gasteiger partial charge in [0.05, 0.1) is 15.9 Å². The highest BCUT2D eigenvalue weighted by molar-refractivity contribution is 7.89. The van der Waals surface area contributed by atoms with Crippen LogP contribution >= 0.6 is 0 Å². The van der Waals surface area contributed by atoms with E-state index in [9.17, 15) is 23.1 Å². The van der Waals surface area contributed by atoms with Gasteiger partial charge in [-0.2, -0.15) is 4.72 Å². The number of hydrogen-bond acceptors (Lipinski definition) is 5. The molecule has 0 fully saturated rings. The molecule has 0 spiro atoms. The van der Waals surface area contributed by atoms with Crippen LogP contribution in [0, 0.1) is 20.8 Å². The van der Waals surface area contributed by atoms with Crippen molar-refractivity contribution in [3.8, 4) is 11.1 Å². The van der Waals surface area contributed by atoms with Crippen molar-refractivity contribution < 1.29 is 23.1 Å². The van der Waals surface area contributed by atoms with Crippen LogP contribution in [0.25, 0.3) is 22.2 Å². The number of H-pyrrole nitrogens is 1. The maximum absolute atomic E-state index is 13.2. The number of imidazole rings is 1. The number of aryl methyl sites for hydroxylation is 3. The molecule has 0 aliphatic rings. The number of para-hydroxylation sites is 2. The Morgan fingerprint density at radius 3 is 2.23 bits per heavy atom. The van der Waals surface area contributed by atoms with Crippen molar-refractivity contribution >= 4 is 44.7 Å². The number of aliphatic carboxylic acids is 1. The molecule has 10 nitrogen and oxygen atoms in total. The first-order valence-electron chi connectivity index (χ1n) is 13.5. The molecule has 5 aromatic rings. The molecule has 11 heteroatoms. The van der Waals surface area contributed by atoms with E-state index in [0.29, 0.717) is 28.3 Å². The van der Waals surface area contributed by atoms with E-state index in [-0.39, 0.29) is 11.3 Å². The average Bonchev–Trinajstić information content (AvgIpc) is 3.34. The molecule has 0 radical (unpaired) electrons. The number of nitrogens with zero attached hydrogens (tertiary/aromatic N) is 1. The highest BCUT2D eigenvalue weighted by atomic mass is 32.2. The summed E-state index contributed by atoms with van der Waals surface area (Å²) in [5, 5.41) is 15.3. The van der Waals surface area contributed by atoms with Crippen molar-refractivity contribution in [3.05, 3.63) is 107 Å². The van der Waals surface area contributed by atoms with E-state index in [1.807, 2.05) is 55.5 Å². The summed E-state index contributed by atoms with van der Waals surface area (Å²) in [7, 11) is -4.08.